The summed E-state index contributed by atoms with van der Waals surface area (Å²) in [6, 6.07) is 7.42. The van der Waals surface area contributed by atoms with Gasteiger partial charge in [0.15, 0.2) is 0 Å². The van der Waals surface area contributed by atoms with E-state index in [1.54, 1.807) is 13.1 Å². The second kappa shape index (κ2) is 10.4. The summed E-state index contributed by atoms with van der Waals surface area (Å²) in [5, 5.41) is 21.8. The summed E-state index contributed by atoms with van der Waals surface area (Å²) in [5.74, 6) is 0.868. The first-order chi connectivity index (χ1) is 10.2. The Kier molecular flexibility index (Phi) is 8.74. The van der Waals surface area contributed by atoms with E-state index in [1.807, 2.05) is 30.3 Å². The molecule has 0 aliphatic heterocycles. The fraction of sp³-hybridized carbons (Fsp3) is 0.529. The van der Waals surface area contributed by atoms with Gasteiger partial charge in [-0.25, -0.2) is 0 Å². The third-order valence-electron chi connectivity index (χ3n) is 3.36. The average Bonchev–Trinajstić information content (AvgIpc) is 2.52. The fourth-order valence-corrected chi connectivity index (χ4v) is 1.93. The molecule has 0 heterocycles. The van der Waals surface area contributed by atoms with Crippen LogP contribution < -0.4 is 10.1 Å². The highest BCUT2D eigenvalue weighted by Crippen LogP contribution is 2.14. The van der Waals surface area contributed by atoms with Crippen molar-refractivity contribution in [3.05, 3.63) is 35.9 Å². The van der Waals surface area contributed by atoms with Crippen LogP contribution in [0.3, 0.4) is 0 Å². The van der Waals surface area contributed by atoms with Crippen molar-refractivity contribution >= 4 is 6.08 Å². The lowest BCUT2D eigenvalue weighted by molar-refractivity contribution is 0.128. The Morgan fingerprint density at radius 2 is 1.95 bits per heavy atom. The van der Waals surface area contributed by atoms with Crippen molar-refractivity contribution in [1.29, 1.82) is 0 Å². The van der Waals surface area contributed by atoms with E-state index in [2.05, 4.69) is 12.2 Å². The summed E-state index contributed by atoms with van der Waals surface area (Å²) in [7, 11) is 1.71. The van der Waals surface area contributed by atoms with E-state index < -0.39 is 6.10 Å². The molecule has 0 aromatic heterocycles. The Morgan fingerprint density at radius 1 is 1.24 bits per heavy atom. The number of aliphatic hydroxyl groups excluding tert-OH is 2. The van der Waals surface area contributed by atoms with Crippen LogP contribution in [0.15, 0.2) is 30.3 Å². The zero-order chi connectivity index (χ0) is 15.5. The maximum absolute atomic E-state index is 9.86. The van der Waals surface area contributed by atoms with Crippen molar-refractivity contribution in [1.82, 2.24) is 5.32 Å². The van der Waals surface area contributed by atoms with Crippen LogP contribution >= 0.6 is 0 Å². The van der Waals surface area contributed by atoms with E-state index in [0.717, 1.165) is 24.3 Å². The number of nitrogens with one attached hydrogen (secondary N) is 1. The van der Waals surface area contributed by atoms with Gasteiger partial charge in [0.1, 0.15) is 5.75 Å². The van der Waals surface area contributed by atoms with Gasteiger partial charge >= 0.3 is 0 Å². The van der Waals surface area contributed by atoms with Crippen LogP contribution in [-0.2, 0) is 0 Å². The minimum absolute atomic E-state index is 0.105. The molecular formula is C17H27NO3. The Bertz CT molecular complexity index is 399. The summed E-state index contributed by atoms with van der Waals surface area (Å²) in [5.41, 5.74) is 0.989. The van der Waals surface area contributed by atoms with Gasteiger partial charge in [-0.15, -0.1) is 0 Å². The molecule has 0 spiro atoms. The van der Waals surface area contributed by atoms with Crippen LogP contribution in [-0.4, -0.2) is 42.6 Å². The van der Waals surface area contributed by atoms with Gasteiger partial charge in [0, 0.05) is 0 Å². The zero-order valence-electron chi connectivity index (χ0n) is 13.0. The van der Waals surface area contributed by atoms with Crippen molar-refractivity contribution in [3.63, 3.8) is 0 Å². The molecule has 0 radical (unpaired) electrons. The van der Waals surface area contributed by atoms with Crippen LogP contribution in [0.4, 0.5) is 0 Å². The SMILES string of the molecule is CCCCCOc1ccc(C=C[C@H](O)[C@@H](CO)NC)cc1. The average molecular weight is 293 g/mol. The number of benzene rings is 1. The molecule has 4 nitrogen and oxygen atoms in total. The maximum Gasteiger partial charge on any atom is 0.119 e. The van der Waals surface area contributed by atoms with E-state index in [-0.39, 0.29) is 12.6 Å². The van der Waals surface area contributed by atoms with E-state index in [1.165, 1.54) is 12.8 Å². The largest absolute Gasteiger partial charge is 0.494 e. The second-order valence-electron chi connectivity index (χ2n) is 5.05. The van der Waals surface area contributed by atoms with Gasteiger partial charge in [-0.05, 0) is 31.2 Å². The number of aliphatic hydroxyl groups is 2. The summed E-state index contributed by atoms with van der Waals surface area (Å²) in [6.45, 7) is 2.82. The highest BCUT2D eigenvalue weighted by molar-refractivity contribution is 5.51. The normalized spacial score (nSPS) is 14.3. The molecule has 0 bridgehead atoms. The van der Waals surface area contributed by atoms with Gasteiger partial charge in [0.25, 0.3) is 0 Å². The minimum Gasteiger partial charge on any atom is -0.494 e. The lowest BCUT2D eigenvalue weighted by Gasteiger charge is -2.16. The molecule has 0 fully saturated rings. The lowest BCUT2D eigenvalue weighted by Crippen LogP contribution is -2.39. The second-order valence-corrected chi connectivity index (χ2v) is 5.05. The number of ether oxygens (including phenoxy) is 1. The number of hydrogen-bond donors (Lipinski definition) is 3. The van der Waals surface area contributed by atoms with Gasteiger partial charge in [-0.3, -0.25) is 0 Å². The first kappa shape index (κ1) is 17.7. The summed E-state index contributed by atoms with van der Waals surface area (Å²) >= 11 is 0. The molecule has 0 saturated carbocycles. The zero-order valence-corrected chi connectivity index (χ0v) is 13.0. The molecule has 1 rings (SSSR count). The van der Waals surface area contributed by atoms with Crippen molar-refractivity contribution < 1.29 is 14.9 Å². The van der Waals surface area contributed by atoms with Crippen molar-refractivity contribution in [2.75, 3.05) is 20.3 Å². The predicted molar refractivity (Wildman–Crippen MR) is 86.4 cm³/mol. The van der Waals surface area contributed by atoms with Crippen LogP contribution in [0.2, 0.25) is 0 Å². The molecule has 1 aromatic carbocycles. The molecule has 0 unspecified atom stereocenters. The number of hydrogen-bond acceptors (Lipinski definition) is 4. The number of likely N-dealkylation sites (N-methyl/N-ethyl adjacent to an activating group) is 1. The van der Waals surface area contributed by atoms with Gasteiger partial charge in [0.2, 0.25) is 0 Å². The Balaban J connectivity index is 2.46. The smallest absolute Gasteiger partial charge is 0.119 e. The molecule has 0 amide bonds. The molecule has 0 aliphatic carbocycles. The summed E-state index contributed by atoms with van der Waals surface area (Å²) < 4.78 is 5.65. The molecule has 118 valence electrons. The van der Waals surface area contributed by atoms with Gasteiger partial charge < -0.3 is 20.3 Å². The maximum atomic E-state index is 9.86. The predicted octanol–water partition coefficient (Wildman–Crippen LogP) is 2.21. The number of unbranched alkanes of at least 4 members (excludes halogenated alkanes) is 2. The van der Waals surface area contributed by atoms with Gasteiger partial charge in [0.05, 0.1) is 25.4 Å². The number of rotatable bonds is 10. The molecule has 0 saturated heterocycles. The molecule has 3 N–H and O–H groups in total. The monoisotopic (exact) mass is 293 g/mol. The van der Waals surface area contributed by atoms with Crippen molar-refractivity contribution in [2.24, 2.45) is 0 Å². The van der Waals surface area contributed by atoms with Crippen molar-refractivity contribution in [3.8, 4) is 5.75 Å². The third-order valence-corrected chi connectivity index (χ3v) is 3.36. The quantitative estimate of drug-likeness (QED) is 0.579. The highest BCUT2D eigenvalue weighted by atomic mass is 16.5. The van der Waals surface area contributed by atoms with E-state index in [9.17, 15) is 5.11 Å². The van der Waals surface area contributed by atoms with Gasteiger partial charge in [-0.1, -0.05) is 44.1 Å². The minimum atomic E-state index is -0.718. The van der Waals surface area contributed by atoms with Crippen LogP contribution in [0, 0.1) is 0 Å². The molecule has 4 heteroatoms. The summed E-state index contributed by atoms with van der Waals surface area (Å²) in [6.07, 6.45) is 6.26. The first-order valence-corrected chi connectivity index (χ1v) is 7.58. The fourth-order valence-electron chi connectivity index (χ4n) is 1.93. The lowest BCUT2D eigenvalue weighted by atomic mass is 10.1. The Labute approximate surface area is 127 Å². The molecule has 21 heavy (non-hydrogen) atoms. The van der Waals surface area contributed by atoms with Crippen LogP contribution in [0.25, 0.3) is 6.08 Å². The van der Waals surface area contributed by atoms with E-state index in [0.29, 0.717) is 0 Å². The molecule has 1 aromatic rings. The Morgan fingerprint density at radius 3 is 2.52 bits per heavy atom. The molecule has 0 aliphatic rings. The third kappa shape index (κ3) is 6.76. The standard InChI is InChI=1S/C17H27NO3/c1-3-4-5-12-21-15-9-6-14(7-10-15)8-11-17(20)16(13-19)18-2/h6-11,16-20H,3-5,12-13H2,1-2H3/t16-,17+/m1/s1. The van der Waals surface area contributed by atoms with E-state index >= 15 is 0 Å². The first-order valence-electron chi connectivity index (χ1n) is 7.58. The molecular weight excluding hydrogens is 266 g/mol. The van der Waals surface area contributed by atoms with Gasteiger partial charge in [-0.2, -0.15) is 0 Å². The van der Waals surface area contributed by atoms with Crippen LogP contribution in [0.1, 0.15) is 31.7 Å². The summed E-state index contributed by atoms with van der Waals surface area (Å²) in [4.78, 5) is 0. The topological polar surface area (TPSA) is 61.7 Å². The Hall–Kier alpha value is -1.36. The molecule has 2 atom stereocenters. The van der Waals surface area contributed by atoms with Crippen LogP contribution in [0.5, 0.6) is 5.75 Å². The highest BCUT2D eigenvalue weighted by Gasteiger charge is 2.12. The van der Waals surface area contributed by atoms with E-state index in [4.69, 9.17) is 9.84 Å². The van der Waals surface area contributed by atoms with Crippen molar-refractivity contribution in [2.45, 2.75) is 38.3 Å².